The van der Waals surface area contributed by atoms with E-state index < -0.39 is 11.3 Å². The smallest absolute Gasteiger partial charge is 0.327 e. The van der Waals surface area contributed by atoms with Crippen LogP contribution in [-0.2, 0) is 9.59 Å². The molecule has 2 aliphatic heterocycles. The van der Waals surface area contributed by atoms with Crippen LogP contribution in [0.25, 0.3) is 0 Å². The topological polar surface area (TPSA) is 125 Å². The third-order valence-corrected chi connectivity index (χ3v) is 8.92. The van der Waals surface area contributed by atoms with Crippen LogP contribution in [0.5, 0.6) is 11.5 Å². The number of benzene rings is 2. The van der Waals surface area contributed by atoms with Crippen molar-refractivity contribution in [2.24, 2.45) is 0 Å². The third kappa shape index (κ3) is 5.47. The first-order chi connectivity index (χ1) is 19.9. The van der Waals surface area contributed by atoms with Crippen LogP contribution in [0.1, 0.15) is 36.4 Å². The molecule has 2 aromatic carbocycles. The number of amides is 4. The number of carbonyl (C=O) groups is 3. The van der Waals surface area contributed by atoms with Crippen molar-refractivity contribution in [3.05, 3.63) is 71.9 Å². The van der Waals surface area contributed by atoms with Gasteiger partial charge in [0.2, 0.25) is 11.8 Å². The molecule has 0 radical (unpaired) electrons. The molecule has 4 atom stereocenters. The minimum absolute atomic E-state index is 0.0332. The Labute approximate surface area is 242 Å². The van der Waals surface area contributed by atoms with Crippen LogP contribution in [0.2, 0.25) is 0 Å². The monoisotopic (exact) mass is 572 g/mol. The third-order valence-electron chi connectivity index (χ3n) is 7.63. The highest BCUT2D eigenvalue weighted by Gasteiger charge is 2.47. The van der Waals surface area contributed by atoms with E-state index in [0.717, 1.165) is 46.1 Å². The van der Waals surface area contributed by atoms with Gasteiger partial charge in [0.05, 0.1) is 24.0 Å². The van der Waals surface area contributed by atoms with Crippen LogP contribution in [0, 0.1) is 6.92 Å². The SMILES string of the molecule is CNCC(=O)N[C@H]1CC[C@H](NC(=O)C2Sc3nccc4c3C2NC(=O)N4c2ccc(Oc3ccccc3)cc2C)C1. The second-order valence-electron chi connectivity index (χ2n) is 10.5. The Kier molecular flexibility index (Phi) is 7.55. The van der Waals surface area contributed by atoms with Gasteiger partial charge in [0.25, 0.3) is 0 Å². The molecule has 4 N–H and O–H groups in total. The fourth-order valence-electron chi connectivity index (χ4n) is 5.80. The predicted molar refractivity (Wildman–Crippen MR) is 157 cm³/mol. The van der Waals surface area contributed by atoms with Crippen molar-refractivity contribution in [2.75, 3.05) is 18.5 Å². The number of pyridine rings is 1. The van der Waals surface area contributed by atoms with Crippen LogP contribution in [0.15, 0.2) is 65.8 Å². The van der Waals surface area contributed by atoms with Crippen molar-refractivity contribution < 1.29 is 19.1 Å². The number of aromatic nitrogens is 1. The number of ether oxygens (including phenoxy) is 1. The summed E-state index contributed by atoms with van der Waals surface area (Å²) in [6.07, 6.45) is 3.97. The van der Waals surface area contributed by atoms with Gasteiger partial charge in [-0.1, -0.05) is 30.0 Å². The molecule has 10 nitrogen and oxygen atoms in total. The van der Waals surface area contributed by atoms with Gasteiger partial charge in [-0.3, -0.25) is 14.5 Å². The molecule has 3 aliphatic rings. The summed E-state index contributed by atoms with van der Waals surface area (Å²) in [5.74, 6) is 1.23. The lowest BCUT2D eigenvalue weighted by Crippen LogP contribution is -2.50. The largest absolute Gasteiger partial charge is 0.457 e. The van der Waals surface area contributed by atoms with Gasteiger partial charge in [0, 0.05) is 23.8 Å². The van der Waals surface area contributed by atoms with Crippen molar-refractivity contribution in [3.8, 4) is 11.5 Å². The molecule has 0 spiro atoms. The molecule has 0 bridgehead atoms. The van der Waals surface area contributed by atoms with Crippen molar-refractivity contribution in [1.29, 1.82) is 0 Å². The standard InChI is InChI=1S/C30H32N6O4S/c1-17-14-21(40-20-6-4-3-5-7-20)10-11-22(17)36-23-12-13-32-29-25(23)26(35-30(36)39)27(41-29)28(38)34-19-9-8-18(15-19)33-24(37)16-31-2/h3-7,10-14,18-19,26-27,31H,8-9,15-16H2,1-2H3,(H,33,37)(H,34,38)(H,35,39)/t18-,19-,26?,27?/m0/s1. The Morgan fingerprint density at radius 1 is 1.05 bits per heavy atom. The number of urea groups is 1. The number of aryl methyl sites for hydroxylation is 1. The molecule has 1 aromatic heterocycles. The van der Waals surface area contributed by atoms with Crippen LogP contribution in [-0.4, -0.2) is 53.8 Å². The van der Waals surface area contributed by atoms with Crippen molar-refractivity contribution in [3.63, 3.8) is 0 Å². The van der Waals surface area contributed by atoms with E-state index in [1.165, 1.54) is 11.8 Å². The average Bonchev–Trinajstić information content (AvgIpc) is 3.55. The maximum atomic E-state index is 13.6. The van der Waals surface area contributed by atoms with Crippen LogP contribution in [0.3, 0.4) is 0 Å². The molecule has 1 aliphatic carbocycles. The molecule has 2 unspecified atom stereocenters. The second kappa shape index (κ2) is 11.4. The van der Waals surface area contributed by atoms with E-state index in [-0.39, 0.29) is 36.5 Å². The molecule has 3 aromatic rings. The molecule has 4 amide bonds. The van der Waals surface area contributed by atoms with E-state index >= 15 is 0 Å². The first-order valence-electron chi connectivity index (χ1n) is 13.8. The fraction of sp³-hybridized carbons (Fsp3) is 0.333. The Balaban J connectivity index is 1.18. The molecule has 0 saturated heterocycles. The lowest BCUT2D eigenvalue weighted by atomic mass is 9.99. The number of nitrogens with zero attached hydrogens (tertiary/aromatic N) is 2. The number of carbonyl (C=O) groups excluding carboxylic acids is 3. The first kappa shape index (κ1) is 27.1. The summed E-state index contributed by atoms with van der Waals surface area (Å²) in [5.41, 5.74) is 3.17. The lowest BCUT2D eigenvalue weighted by molar-refractivity contribution is -0.121. The van der Waals surface area contributed by atoms with Crippen LogP contribution in [0.4, 0.5) is 16.2 Å². The summed E-state index contributed by atoms with van der Waals surface area (Å²) in [6, 6.07) is 16.2. The van der Waals surface area contributed by atoms with Gasteiger partial charge in [-0.25, -0.2) is 9.78 Å². The van der Waals surface area contributed by atoms with Gasteiger partial charge >= 0.3 is 6.03 Å². The summed E-state index contributed by atoms with van der Waals surface area (Å²) in [5, 5.41) is 12.3. The summed E-state index contributed by atoms with van der Waals surface area (Å²) < 4.78 is 5.97. The molecule has 11 heteroatoms. The highest BCUT2D eigenvalue weighted by molar-refractivity contribution is 8.01. The number of rotatable bonds is 8. The zero-order chi connectivity index (χ0) is 28.5. The highest BCUT2D eigenvalue weighted by atomic mass is 32.2. The van der Waals surface area contributed by atoms with E-state index in [0.29, 0.717) is 12.2 Å². The quantitative estimate of drug-likeness (QED) is 0.322. The number of likely N-dealkylation sites (N-methyl/N-ethyl adjacent to an activating group) is 1. The van der Waals surface area contributed by atoms with Crippen LogP contribution < -0.4 is 30.9 Å². The number of thioether (sulfide) groups is 1. The first-order valence-corrected chi connectivity index (χ1v) is 14.6. The maximum absolute atomic E-state index is 13.6. The second-order valence-corrected chi connectivity index (χ2v) is 11.7. The van der Waals surface area contributed by atoms with Gasteiger partial charge in [-0.15, -0.1) is 0 Å². The Morgan fingerprint density at radius 3 is 2.59 bits per heavy atom. The van der Waals surface area contributed by atoms with Crippen molar-refractivity contribution >= 4 is 41.0 Å². The highest BCUT2D eigenvalue weighted by Crippen LogP contribution is 2.51. The molecule has 1 saturated carbocycles. The minimum Gasteiger partial charge on any atom is -0.457 e. The molecule has 6 rings (SSSR count). The summed E-state index contributed by atoms with van der Waals surface area (Å²) in [7, 11) is 1.73. The van der Waals surface area contributed by atoms with Gasteiger partial charge < -0.3 is 26.0 Å². The fourth-order valence-corrected chi connectivity index (χ4v) is 7.03. The number of hydrogen-bond donors (Lipinski definition) is 4. The average molecular weight is 573 g/mol. The van der Waals surface area contributed by atoms with Crippen molar-refractivity contribution in [2.45, 2.75) is 54.6 Å². The molecule has 41 heavy (non-hydrogen) atoms. The Bertz CT molecular complexity index is 1490. The van der Waals surface area contributed by atoms with E-state index in [1.54, 1.807) is 18.1 Å². The number of para-hydroxylation sites is 1. The maximum Gasteiger partial charge on any atom is 0.327 e. The molecule has 212 valence electrons. The lowest BCUT2D eigenvalue weighted by Gasteiger charge is -2.35. The van der Waals surface area contributed by atoms with Gasteiger partial charge in [-0.05, 0) is 75.2 Å². The molecular formula is C30H32N6O4S. The van der Waals surface area contributed by atoms with E-state index in [1.807, 2.05) is 61.5 Å². The minimum atomic E-state index is -0.537. The molecular weight excluding hydrogens is 540 g/mol. The number of nitrogens with one attached hydrogen (secondary N) is 4. The summed E-state index contributed by atoms with van der Waals surface area (Å²) in [4.78, 5) is 45.2. The van der Waals surface area contributed by atoms with E-state index in [2.05, 4.69) is 26.3 Å². The number of anilines is 2. The molecule has 1 fully saturated rings. The normalized spacial score (nSPS) is 22.6. The van der Waals surface area contributed by atoms with Crippen molar-refractivity contribution in [1.82, 2.24) is 26.3 Å². The number of hydrogen-bond acceptors (Lipinski definition) is 7. The van der Waals surface area contributed by atoms with Crippen LogP contribution >= 0.6 is 11.8 Å². The van der Waals surface area contributed by atoms with E-state index in [4.69, 9.17) is 4.74 Å². The zero-order valence-corrected chi connectivity index (χ0v) is 23.7. The van der Waals surface area contributed by atoms with E-state index in [9.17, 15) is 14.4 Å². The predicted octanol–water partition coefficient (Wildman–Crippen LogP) is 3.93. The zero-order valence-electron chi connectivity index (χ0n) is 22.8. The Morgan fingerprint density at radius 2 is 1.83 bits per heavy atom. The van der Waals surface area contributed by atoms with Gasteiger partial charge in [0.15, 0.2) is 0 Å². The van der Waals surface area contributed by atoms with Gasteiger partial charge in [0.1, 0.15) is 21.8 Å². The molecule has 3 heterocycles. The summed E-state index contributed by atoms with van der Waals surface area (Å²) >= 11 is 1.38. The van der Waals surface area contributed by atoms with Gasteiger partial charge in [-0.2, -0.15) is 0 Å². The summed E-state index contributed by atoms with van der Waals surface area (Å²) in [6.45, 7) is 2.21. The Hall–Kier alpha value is -4.09.